The summed E-state index contributed by atoms with van der Waals surface area (Å²) in [5.74, 6) is 0.518. The maximum absolute atomic E-state index is 13.3. The molecule has 0 N–H and O–H groups in total. The van der Waals surface area contributed by atoms with Gasteiger partial charge in [-0.25, -0.2) is 4.98 Å². The van der Waals surface area contributed by atoms with Crippen molar-refractivity contribution in [3.8, 4) is 0 Å². The van der Waals surface area contributed by atoms with E-state index in [-0.39, 0.29) is 5.56 Å². The van der Waals surface area contributed by atoms with Crippen LogP contribution in [0, 0.1) is 0 Å². The average Bonchev–Trinajstić information content (AvgIpc) is 2.72. The molecule has 0 fully saturated rings. The zero-order chi connectivity index (χ0) is 20.4. The van der Waals surface area contributed by atoms with Crippen LogP contribution in [0.2, 0.25) is 0 Å². The van der Waals surface area contributed by atoms with E-state index >= 15 is 0 Å². The van der Waals surface area contributed by atoms with Gasteiger partial charge in [0.05, 0.1) is 16.3 Å². The van der Waals surface area contributed by atoms with Crippen LogP contribution in [0.4, 0.5) is 0 Å². The summed E-state index contributed by atoms with van der Waals surface area (Å²) in [7, 11) is 0. The molecule has 140 valence electrons. The number of rotatable bonds is 7. The lowest BCUT2D eigenvalue weighted by Gasteiger charge is -2.11. The quantitative estimate of drug-likeness (QED) is 0.694. The SMILES string of the molecule is C=C/C=C\C(=C/C=C)n1c(/C=C/c2ccccc2)nc(=C/C)/c(=C\C=C)c1=O. The maximum atomic E-state index is 13.3. The summed E-state index contributed by atoms with van der Waals surface area (Å²) in [4.78, 5) is 18.0. The Balaban J connectivity index is 2.87. The molecule has 1 aromatic heterocycles. The van der Waals surface area contributed by atoms with Crippen LogP contribution in [0.5, 0.6) is 0 Å². The molecule has 0 spiro atoms. The van der Waals surface area contributed by atoms with Gasteiger partial charge in [0, 0.05) is 0 Å². The molecule has 2 rings (SSSR count). The molecular weight excluding hydrogens is 344 g/mol. The number of benzene rings is 1. The molecule has 0 bridgehead atoms. The third kappa shape index (κ3) is 4.92. The molecular formula is C25H24N2O. The van der Waals surface area contributed by atoms with Crippen molar-refractivity contribution < 1.29 is 0 Å². The van der Waals surface area contributed by atoms with Crippen molar-refractivity contribution in [3.63, 3.8) is 0 Å². The standard InChI is InChI=1S/C25H24N2O/c1-5-9-17-21(13-6-2)27-24(19-18-20-15-11-10-12-16-20)26-23(8-4)22(14-7-3)25(27)28/h5-19H,1-3H2,4H3/b17-9-,19-18+,21-13+,22-14+,23-8+. The molecule has 1 aromatic carbocycles. The Labute approximate surface area is 165 Å². The molecule has 0 aliphatic heterocycles. The number of aromatic nitrogens is 2. The van der Waals surface area contributed by atoms with E-state index in [0.29, 0.717) is 22.1 Å². The Morgan fingerprint density at radius 1 is 1.04 bits per heavy atom. The van der Waals surface area contributed by atoms with E-state index in [0.717, 1.165) is 5.56 Å². The first-order valence-electron chi connectivity index (χ1n) is 8.93. The van der Waals surface area contributed by atoms with E-state index in [1.807, 2.05) is 55.5 Å². The lowest BCUT2D eigenvalue weighted by atomic mass is 10.2. The van der Waals surface area contributed by atoms with Crippen LogP contribution >= 0.6 is 0 Å². The fourth-order valence-corrected chi connectivity index (χ4v) is 2.65. The van der Waals surface area contributed by atoms with Gasteiger partial charge in [-0.3, -0.25) is 9.36 Å². The third-order valence-corrected chi connectivity index (χ3v) is 3.91. The lowest BCUT2D eigenvalue weighted by molar-refractivity contribution is 0.910. The Kier molecular flexibility index (Phi) is 7.67. The molecule has 3 heteroatoms. The van der Waals surface area contributed by atoms with Crippen LogP contribution in [-0.4, -0.2) is 9.55 Å². The van der Waals surface area contributed by atoms with Crippen LogP contribution in [0.25, 0.3) is 30.0 Å². The summed E-state index contributed by atoms with van der Waals surface area (Å²) < 4.78 is 1.56. The molecule has 1 heterocycles. The Morgan fingerprint density at radius 3 is 2.39 bits per heavy atom. The number of hydrogen-bond acceptors (Lipinski definition) is 2. The van der Waals surface area contributed by atoms with Gasteiger partial charge in [-0.2, -0.15) is 0 Å². The van der Waals surface area contributed by atoms with Crippen LogP contribution in [0.3, 0.4) is 0 Å². The first-order chi connectivity index (χ1) is 13.7. The van der Waals surface area contributed by atoms with Crippen molar-refractivity contribution in [2.75, 3.05) is 0 Å². The fraction of sp³-hybridized carbons (Fsp3) is 0.0400. The van der Waals surface area contributed by atoms with Crippen LogP contribution < -0.4 is 16.1 Å². The van der Waals surface area contributed by atoms with Crippen LogP contribution in [-0.2, 0) is 0 Å². The van der Waals surface area contributed by atoms with Gasteiger partial charge in [0.25, 0.3) is 5.56 Å². The van der Waals surface area contributed by atoms with Crippen molar-refractivity contribution in [2.24, 2.45) is 0 Å². The van der Waals surface area contributed by atoms with Crippen molar-refractivity contribution in [2.45, 2.75) is 6.92 Å². The first kappa shape index (κ1) is 20.6. The molecule has 28 heavy (non-hydrogen) atoms. The molecule has 3 nitrogen and oxygen atoms in total. The van der Waals surface area contributed by atoms with Gasteiger partial charge in [-0.15, -0.1) is 0 Å². The maximum Gasteiger partial charge on any atom is 0.266 e. The highest BCUT2D eigenvalue weighted by Crippen LogP contribution is 2.10. The Bertz CT molecular complexity index is 1130. The largest absolute Gasteiger partial charge is 0.268 e. The first-order valence-corrected chi connectivity index (χ1v) is 8.93. The van der Waals surface area contributed by atoms with Crippen molar-refractivity contribution in [1.82, 2.24) is 9.55 Å². The van der Waals surface area contributed by atoms with Gasteiger partial charge in [0.15, 0.2) is 0 Å². The molecule has 0 aliphatic carbocycles. The molecule has 0 unspecified atom stereocenters. The fourth-order valence-electron chi connectivity index (χ4n) is 2.65. The van der Waals surface area contributed by atoms with E-state index in [2.05, 4.69) is 19.7 Å². The highest BCUT2D eigenvalue weighted by atomic mass is 16.1. The molecule has 0 aliphatic rings. The van der Waals surface area contributed by atoms with Gasteiger partial charge in [-0.1, -0.05) is 86.5 Å². The second-order valence-electron chi connectivity index (χ2n) is 5.77. The number of nitrogens with zero attached hydrogens (tertiary/aromatic N) is 2. The van der Waals surface area contributed by atoms with E-state index < -0.39 is 0 Å². The normalized spacial score (nSPS) is 13.4. The minimum absolute atomic E-state index is 0.183. The summed E-state index contributed by atoms with van der Waals surface area (Å²) in [5, 5.41) is 1.09. The van der Waals surface area contributed by atoms with Gasteiger partial charge in [0.2, 0.25) is 0 Å². The van der Waals surface area contributed by atoms with Crippen molar-refractivity contribution in [3.05, 3.63) is 119 Å². The van der Waals surface area contributed by atoms with E-state index in [1.54, 1.807) is 47.1 Å². The van der Waals surface area contributed by atoms with Crippen molar-refractivity contribution in [1.29, 1.82) is 0 Å². The molecule has 0 saturated carbocycles. The molecule has 0 radical (unpaired) electrons. The summed E-state index contributed by atoms with van der Waals surface area (Å²) in [6.07, 6.45) is 17.5. The molecule has 0 amide bonds. The number of hydrogen-bond donors (Lipinski definition) is 0. The molecule has 0 saturated heterocycles. The Hall–Kier alpha value is -3.72. The van der Waals surface area contributed by atoms with Gasteiger partial charge >= 0.3 is 0 Å². The minimum Gasteiger partial charge on any atom is -0.268 e. The molecule has 0 atom stereocenters. The van der Waals surface area contributed by atoms with Crippen molar-refractivity contribution >= 4 is 30.0 Å². The summed E-state index contributed by atoms with van der Waals surface area (Å²) >= 11 is 0. The monoisotopic (exact) mass is 368 g/mol. The van der Waals surface area contributed by atoms with Crippen LogP contribution in [0.15, 0.2) is 91.3 Å². The topological polar surface area (TPSA) is 34.9 Å². The second kappa shape index (κ2) is 10.4. The average molecular weight is 368 g/mol. The Morgan fingerprint density at radius 2 is 1.79 bits per heavy atom. The third-order valence-electron chi connectivity index (χ3n) is 3.91. The summed E-state index contributed by atoms with van der Waals surface area (Å²) in [5.41, 5.74) is 1.47. The highest BCUT2D eigenvalue weighted by Gasteiger charge is 2.09. The van der Waals surface area contributed by atoms with E-state index in [4.69, 9.17) is 4.98 Å². The van der Waals surface area contributed by atoms with Gasteiger partial charge in [0.1, 0.15) is 5.82 Å². The van der Waals surface area contributed by atoms with Gasteiger partial charge in [-0.05, 0) is 36.8 Å². The van der Waals surface area contributed by atoms with Crippen LogP contribution in [0.1, 0.15) is 18.3 Å². The summed E-state index contributed by atoms with van der Waals surface area (Å²) in [6, 6.07) is 9.86. The highest BCUT2D eigenvalue weighted by molar-refractivity contribution is 5.70. The second-order valence-corrected chi connectivity index (χ2v) is 5.77. The minimum atomic E-state index is -0.183. The zero-order valence-electron chi connectivity index (χ0n) is 16.1. The smallest absolute Gasteiger partial charge is 0.266 e. The van der Waals surface area contributed by atoms with E-state index in [1.165, 1.54) is 0 Å². The number of allylic oxidation sites excluding steroid dienone is 7. The summed E-state index contributed by atoms with van der Waals surface area (Å²) in [6.45, 7) is 13.0. The zero-order valence-corrected chi connectivity index (χ0v) is 16.1. The molecule has 2 aromatic rings. The predicted molar refractivity (Wildman–Crippen MR) is 122 cm³/mol. The lowest BCUT2D eigenvalue weighted by Crippen LogP contribution is -2.47. The van der Waals surface area contributed by atoms with E-state index in [9.17, 15) is 4.79 Å². The van der Waals surface area contributed by atoms with Gasteiger partial charge < -0.3 is 0 Å². The predicted octanol–water partition coefficient (Wildman–Crippen LogP) is 3.95.